The molecular weight excluding hydrogens is 262 g/mol. The fourth-order valence-electron chi connectivity index (χ4n) is 2.76. The number of rotatable bonds is 2. The SMILES string of the molecule is CCn1c(C2(N)CCOCC2)nc2ccc(Cl)cc21. The topological polar surface area (TPSA) is 53.1 Å². The summed E-state index contributed by atoms with van der Waals surface area (Å²) in [5.74, 6) is 0.954. The summed E-state index contributed by atoms with van der Waals surface area (Å²) < 4.78 is 7.59. The first-order valence-electron chi connectivity index (χ1n) is 6.67. The molecule has 0 amide bonds. The van der Waals surface area contributed by atoms with Crippen LogP contribution in [0, 0.1) is 0 Å². The van der Waals surface area contributed by atoms with Gasteiger partial charge in [-0.25, -0.2) is 4.98 Å². The lowest BCUT2D eigenvalue weighted by Crippen LogP contribution is -2.44. The summed E-state index contributed by atoms with van der Waals surface area (Å²) in [5, 5.41) is 0.728. The van der Waals surface area contributed by atoms with Gasteiger partial charge >= 0.3 is 0 Å². The molecule has 2 N–H and O–H groups in total. The van der Waals surface area contributed by atoms with E-state index in [0.29, 0.717) is 13.2 Å². The van der Waals surface area contributed by atoms with Crippen LogP contribution in [0.2, 0.25) is 5.02 Å². The molecular formula is C14H18ClN3O. The number of halogens is 1. The molecule has 4 nitrogen and oxygen atoms in total. The van der Waals surface area contributed by atoms with Crippen LogP contribution in [0.15, 0.2) is 18.2 Å². The van der Waals surface area contributed by atoms with Gasteiger partial charge in [-0.15, -0.1) is 0 Å². The van der Waals surface area contributed by atoms with Crippen molar-refractivity contribution in [2.24, 2.45) is 5.73 Å². The van der Waals surface area contributed by atoms with Gasteiger partial charge in [-0.3, -0.25) is 0 Å². The van der Waals surface area contributed by atoms with Crippen molar-refractivity contribution >= 4 is 22.6 Å². The number of aromatic nitrogens is 2. The minimum absolute atomic E-state index is 0.389. The van der Waals surface area contributed by atoms with Gasteiger partial charge in [0.25, 0.3) is 0 Å². The van der Waals surface area contributed by atoms with Crippen LogP contribution in [0.25, 0.3) is 11.0 Å². The molecule has 102 valence electrons. The molecule has 0 atom stereocenters. The molecule has 0 radical (unpaired) electrons. The van der Waals surface area contributed by atoms with E-state index in [-0.39, 0.29) is 5.54 Å². The van der Waals surface area contributed by atoms with E-state index in [1.54, 1.807) is 0 Å². The summed E-state index contributed by atoms with van der Waals surface area (Å²) >= 11 is 6.08. The van der Waals surface area contributed by atoms with Crippen molar-refractivity contribution in [1.29, 1.82) is 0 Å². The van der Waals surface area contributed by atoms with Gasteiger partial charge in [0.15, 0.2) is 0 Å². The van der Waals surface area contributed by atoms with Crippen LogP contribution in [0.5, 0.6) is 0 Å². The van der Waals surface area contributed by atoms with Crippen molar-refractivity contribution in [1.82, 2.24) is 9.55 Å². The maximum absolute atomic E-state index is 6.56. The van der Waals surface area contributed by atoms with Gasteiger partial charge in [-0.05, 0) is 38.0 Å². The van der Waals surface area contributed by atoms with Gasteiger partial charge in [0, 0.05) is 24.8 Å². The van der Waals surface area contributed by atoms with Crippen molar-refractivity contribution in [3.63, 3.8) is 0 Å². The number of ether oxygens (including phenoxy) is 1. The predicted octanol–water partition coefficient (Wildman–Crippen LogP) is 2.67. The second kappa shape index (κ2) is 4.78. The number of imidazole rings is 1. The fourth-order valence-corrected chi connectivity index (χ4v) is 2.92. The molecule has 5 heteroatoms. The van der Waals surface area contributed by atoms with Crippen molar-refractivity contribution in [2.75, 3.05) is 13.2 Å². The van der Waals surface area contributed by atoms with Crippen LogP contribution in [-0.4, -0.2) is 22.8 Å². The molecule has 2 heterocycles. The Morgan fingerprint density at radius 3 is 2.84 bits per heavy atom. The average molecular weight is 280 g/mol. The van der Waals surface area contributed by atoms with Gasteiger partial charge in [-0.2, -0.15) is 0 Å². The van der Waals surface area contributed by atoms with Gasteiger partial charge < -0.3 is 15.0 Å². The van der Waals surface area contributed by atoms with Crippen molar-refractivity contribution < 1.29 is 4.74 Å². The van der Waals surface area contributed by atoms with E-state index in [2.05, 4.69) is 11.5 Å². The van der Waals surface area contributed by atoms with Crippen LogP contribution in [0.4, 0.5) is 0 Å². The highest BCUT2D eigenvalue weighted by atomic mass is 35.5. The van der Waals surface area contributed by atoms with Gasteiger partial charge in [0.1, 0.15) is 5.82 Å². The quantitative estimate of drug-likeness (QED) is 0.919. The molecule has 1 aliphatic heterocycles. The summed E-state index contributed by atoms with van der Waals surface area (Å²) in [5.41, 5.74) is 8.19. The third kappa shape index (κ3) is 2.14. The third-order valence-corrected chi connectivity index (χ3v) is 4.09. The van der Waals surface area contributed by atoms with Crippen LogP contribution in [-0.2, 0) is 16.8 Å². The summed E-state index contributed by atoms with van der Waals surface area (Å²) in [6, 6.07) is 5.78. The van der Waals surface area contributed by atoms with Crippen LogP contribution < -0.4 is 5.73 Å². The first-order valence-corrected chi connectivity index (χ1v) is 7.05. The Hall–Kier alpha value is -1.10. The molecule has 1 fully saturated rings. The second-order valence-corrected chi connectivity index (χ2v) is 5.52. The summed E-state index contributed by atoms with van der Waals surface area (Å²) in [4.78, 5) is 4.74. The number of fused-ring (bicyclic) bond motifs is 1. The standard InChI is InChI=1S/C14H18ClN3O/c1-2-18-12-9-10(15)3-4-11(12)17-13(18)14(16)5-7-19-8-6-14/h3-4,9H,2,5-8,16H2,1H3. The zero-order valence-corrected chi connectivity index (χ0v) is 11.8. The largest absolute Gasteiger partial charge is 0.381 e. The first kappa shape index (κ1) is 12.9. The van der Waals surface area contributed by atoms with Gasteiger partial charge in [-0.1, -0.05) is 11.6 Å². The lowest BCUT2D eigenvalue weighted by molar-refractivity contribution is 0.0481. The minimum Gasteiger partial charge on any atom is -0.381 e. The van der Waals surface area contributed by atoms with E-state index in [1.165, 1.54) is 0 Å². The number of hydrogen-bond donors (Lipinski definition) is 1. The molecule has 0 aliphatic carbocycles. The van der Waals surface area contributed by atoms with Crippen molar-refractivity contribution in [3.8, 4) is 0 Å². The van der Waals surface area contributed by atoms with E-state index in [1.807, 2.05) is 18.2 Å². The molecule has 1 aliphatic rings. The molecule has 19 heavy (non-hydrogen) atoms. The number of hydrogen-bond acceptors (Lipinski definition) is 3. The highest BCUT2D eigenvalue weighted by molar-refractivity contribution is 6.31. The van der Waals surface area contributed by atoms with Crippen molar-refractivity contribution in [2.45, 2.75) is 31.8 Å². The lowest BCUT2D eigenvalue weighted by atomic mass is 9.90. The van der Waals surface area contributed by atoms with Crippen LogP contribution in [0.1, 0.15) is 25.6 Å². The van der Waals surface area contributed by atoms with Gasteiger partial charge in [0.2, 0.25) is 0 Å². The Labute approximate surface area is 117 Å². The Morgan fingerprint density at radius 2 is 2.16 bits per heavy atom. The maximum Gasteiger partial charge on any atom is 0.130 e. The second-order valence-electron chi connectivity index (χ2n) is 5.08. The number of aryl methyl sites for hydroxylation is 1. The zero-order valence-electron chi connectivity index (χ0n) is 11.0. The summed E-state index contributed by atoms with van der Waals surface area (Å²) in [6.45, 7) is 4.34. The maximum atomic E-state index is 6.56. The van der Waals surface area contributed by atoms with Gasteiger partial charge in [0.05, 0.1) is 16.6 Å². The Kier molecular flexibility index (Phi) is 3.25. The van der Waals surface area contributed by atoms with E-state index in [9.17, 15) is 0 Å². The Bertz CT molecular complexity index is 602. The normalized spacial score (nSPS) is 18.9. The predicted molar refractivity (Wildman–Crippen MR) is 76.3 cm³/mol. The molecule has 2 aromatic rings. The highest BCUT2D eigenvalue weighted by Gasteiger charge is 2.34. The van der Waals surface area contributed by atoms with Crippen LogP contribution >= 0.6 is 11.6 Å². The molecule has 1 aromatic carbocycles. The molecule has 0 unspecified atom stereocenters. The molecule has 0 bridgehead atoms. The fraction of sp³-hybridized carbons (Fsp3) is 0.500. The summed E-state index contributed by atoms with van der Waals surface area (Å²) in [7, 11) is 0. The van der Waals surface area contributed by atoms with Crippen LogP contribution in [0.3, 0.4) is 0 Å². The lowest BCUT2D eigenvalue weighted by Gasteiger charge is -2.33. The number of benzene rings is 1. The molecule has 0 spiro atoms. The zero-order chi connectivity index (χ0) is 13.5. The number of nitrogens with zero attached hydrogens (tertiary/aromatic N) is 2. The minimum atomic E-state index is -0.389. The monoisotopic (exact) mass is 279 g/mol. The van der Waals surface area contributed by atoms with E-state index >= 15 is 0 Å². The third-order valence-electron chi connectivity index (χ3n) is 3.86. The van der Waals surface area contributed by atoms with E-state index in [0.717, 1.165) is 41.3 Å². The molecule has 1 saturated heterocycles. The van der Waals surface area contributed by atoms with E-state index in [4.69, 9.17) is 27.1 Å². The average Bonchev–Trinajstić information content (AvgIpc) is 2.78. The van der Waals surface area contributed by atoms with Crippen molar-refractivity contribution in [3.05, 3.63) is 29.0 Å². The molecule has 0 saturated carbocycles. The number of nitrogens with two attached hydrogens (primary N) is 1. The van der Waals surface area contributed by atoms with E-state index < -0.39 is 0 Å². The molecule has 3 rings (SSSR count). The Morgan fingerprint density at radius 1 is 1.42 bits per heavy atom. The highest BCUT2D eigenvalue weighted by Crippen LogP contribution is 2.32. The molecule has 1 aromatic heterocycles. The Balaban J connectivity index is 2.17. The summed E-state index contributed by atoms with van der Waals surface area (Å²) in [6.07, 6.45) is 1.62. The first-order chi connectivity index (χ1) is 9.14. The smallest absolute Gasteiger partial charge is 0.130 e.